The zero-order chi connectivity index (χ0) is 11.3. The molecular formula is C10H17N3O2. The summed E-state index contributed by atoms with van der Waals surface area (Å²) in [5.74, 6) is 1.64. The van der Waals surface area contributed by atoms with Crippen LogP contribution in [0.4, 0.5) is 5.95 Å². The third kappa shape index (κ3) is 4.01. The third-order valence-electron chi connectivity index (χ3n) is 1.85. The van der Waals surface area contributed by atoms with E-state index in [1.165, 1.54) is 7.11 Å². The van der Waals surface area contributed by atoms with Gasteiger partial charge in [0.2, 0.25) is 17.7 Å². The molecule has 0 aliphatic carbocycles. The zero-order valence-corrected chi connectivity index (χ0v) is 9.36. The molecule has 84 valence electrons. The van der Waals surface area contributed by atoms with Gasteiger partial charge in [-0.1, -0.05) is 13.8 Å². The van der Waals surface area contributed by atoms with E-state index in [0.29, 0.717) is 24.3 Å². The van der Waals surface area contributed by atoms with E-state index >= 15 is 0 Å². The quantitative estimate of drug-likeness (QED) is 0.799. The van der Waals surface area contributed by atoms with Crippen LogP contribution >= 0.6 is 0 Å². The summed E-state index contributed by atoms with van der Waals surface area (Å²) in [4.78, 5) is 7.80. The van der Waals surface area contributed by atoms with Crippen LogP contribution in [0, 0.1) is 5.92 Å². The number of methoxy groups -OCH3 is 1. The standard InChI is InChI=1S/C10H17N3O2/c1-7(2)4-5-15-9-6-8(14-3)12-10(11)13-9/h6-7H,4-5H2,1-3H3,(H2,11,12,13). The van der Waals surface area contributed by atoms with Gasteiger partial charge in [0, 0.05) is 0 Å². The maximum atomic E-state index is 5.48. The summed E-state index contributed by atoms with van der Waals surface area (Å²) in [5.41, 5.74) is 5.48. The van der Waals surface area contributed by atoms with Crippen LogP contribution in [0.5, 0.6) is 11.8 Å². The van der Waals surface area contributed by atoms with Crippen LogP contribution in [0.25, 0.3) is 0 Å². The fourth-order valence-electron chi connectivity index (χ4n) is 0.999. The zero-order valence-electron chi connectivity index (χ0n) is 9.36. The number of hydrogen-bond acceptors (Lipinski definition) is 5. The molecule has 1 aromatic rings. The molecule has 0 radical (unpaired) electrons. The summed E-state index contributed by atoms with van der Waals surface area (Å²) in [6.07, 6.45) is 0.978. The van der Waals surface area contributed by atoms with Crippen molar-refractivity contribution in [2.75, 3.05) is 19.5 Å². The van der Waals surface area contributed by atoms with Crippen molar-refractivity contribution in [1.82, 2.24) is 9.97 Å². The first-order chi connectivity index (χ1) is 7.11. The van der Waals surface area contributed by atoms with Gasteiger partial charge in [0.25, 0.3) is 0 Å². The number of nitrogen functional groups attached to an aromatic ring is 1. The predicted molar refractivity (Wildman–Crippen MR) is 57.9 cm³/mol. The van der Waals surface area contributed by atoms with Gasteiger partial charge in [-0.05, 0) is 12.3 Å². The molecule has 0 bridgehead atoms. The van der Waals surface area contributed by atoms with Crippen molar-refractivity contribution in [3.05, 3.63) is 6.07 Å². The van der Waals surface area contributed by atoms with Crippen LogP contribution < -0.4 is 15.2 Å². The molecule has 0 spiro atoms. The van der Waals surface area contributed by atoms with Gasteiger partial charge in [-0.25, -0.2) is 0 Å². The van der Waals surface area contributed by atoms with Gasteiger partial charge in [-0.2, -0.15) is 9.97 Å². The minimum atomic E-state index is 0.161. The molecule has 0 aromatic carbocycles. The monoisotopic (exact) mass is 211 g/mol. The summed E-state index contributed by atoms with van der Waals surface area (Å²) < 4.78 is 10.4. The van der Waals surface area contributed by atoms with E-state index in [1.54, 1.807) is 6.07 Å². The number of anilines is 1. The smallest absolute Gasteiger partial charge is 0.226 e. The van der Waals surface area contributed by atoms with Crippen LogP contribution in [0.3, 0.4) is 0 Å². The lowest BCUT2D eigenvalue weighted by Gasteiger charge is -2.08. The summed E-state index contributed by atoms with van der Waals surface area (Å²) in [7, 11) is 1.53. The highest BCUT2D eigenvalue weighted by molar-refractivity contribution is 5.29. The van der Waals surface area contributed by atoms with Crippen LogP contribution in [0.2, 0.25) is 0 Å². The van der Waals surface area contributed by atoms with Crippen LogP contribution in [-0.2, 0) is 0 Å². The van der Waals surface area contributed by atoms with Crippen molar-refractivity contribution in [3.63, 3.8) is 0 Å². The topological polar surface area (TPSA) is 70.3 Å². The third-order valence-corrected chi connectivity index (χ3v) is 1.85. The molecule has 0 aliphatic heterocycles. The Labute approximate surface area is 89.6 Å². The lowest BCUT2D eigenvalue weighted by atomic mass is 10.1. The van der Waals surface area contributed by atoms with E-state index in [0.717, 1.165) is 6.42 Å². The average Bonchev–Trinajstić information content (AvgIpc) is 2.16. The highest BCUT2D eigenvalue weighted by Crippen LogP contribution is 2.16. The molecule has 0 amide bonds. The fraction of sp³-hybridized carbons (Fsp3) is 0.600. The second-order valence-corrected chi connectivity index (χ2v) is 3.64. The Bertz CT molecular complexity index is 316. The van der Waals surface area contributed by atoms with E-state index < -0.39 is 0 Å². The molecule has 1 heterocycles. The minimum Gasteiger partial charge on any atom is -0.481 e. The van der Waals surface area contributed by atoms with E-state index in [1.807, 2.05) is 0 Å². The summed E-state index contributed by atoms with van der Waals surface area (Å²) in [6, 6.07) is 1.62. The molecule has 1 aromatic heterocycles. The molecule has 0 atom stereocenters. The van der Waals surface area contributed by atoms with Gasteiger partial charge in [0.15, 0.2) is 0 Å². The van der Waals surface area contributed by atoms with E-state index in [4.69, 9.17) is 15.2 Å². The Morgan fingerprint density at radius 1 is 1.33 bits per heavy atom. The average molecular weight is 211 g/mol. The number of aromatic nitrogens is 2. The number of nitrogens with zero attached hydrogens (tertiary/aromatic N) is 2. The van der Waals surface area contributed by atoms with Crippen molar-refractivity contribution >= 4 is 5.95 Å². The van der Waals surface area contributed by atoms with Gasteiger partial charge >= 0.3 is 0 Å². The Kier molecular flexibility index (Phi) is 4.15. The highest BCUT2D eigenvalue weighted by atomic mass is 16.5. The molecule has 0 saturated heterocycles. The highest BCUT2D eigenvalue weighted by Gasteiger charge is 2.03. The first-order valence-electron chi connectivity index (χ1n) is 4.93. The fourth-order valence-corrected chi connectivity index (χ4v) is 0.999. The molecule has 0 aliphatic rings. The van der Waals surface area contributed by atoms with Gasteiger partial charge in [0.1, 0.15) is 0 Å². The Balaban J connectivity index is 2.56. The van der Waals surface area contributed by atoms with Gasteiger partial charge in [0.05, 0.1) is 19.8 Å². The van der Waals surface area contributed by atoms with E-state index in [-0.39, 0.29) is 5.95 Å². The summed E-state index contributed by atoms with van der Waals surface area (Å²) in [5, 5.41) is 0. The molecule has 2 N–H and O–H groups in total. The second-order valence-electron chi connectivity index (χ2n) is 3.64. The van der Waals surface area contributed by atoms with Crippen molar-refractivity contribution in [2.45, 2.75) is 20.3 Å². The van der Waals surface area contributed by atoms with Gasteiger partial charge < -0.3 is 15.2 Å². The molecule has 5 nitrogen and oxygen atoms in total. The Morgan fingerprint density at radius 2 is 2.00 bits per heavy atom. The van der Waals surface area contributed by atoms with Crippen molar-refractivity contribution in [3.8, 4) is 11.8 Å². The summed E-state index contributed by atoms with van der Waals surface area (Å²) in [6.45, 7) is 4.90. The summed E-state index contributed by atoms with van der Waals surface area (Å²) >= 11 is 0. The molecule has 0 saturated carbocycles. The SMILES string of the molecule is COc1cc(OCCC(C)C)nc(N)n1. The second kappa shape index (κ2) is 5.38. The maximum absolute atomic E-state index is 5.48. The number of rotatable bonds is 5. The lowest BCUT2D eigenvalue weighted by molar-refractivity contribution is 0.276. The van der Waals surface area contributed by atoms with Gasteiger partial charge in [-0.15, -0.1) is 0 Å². The molecule has 15 heavy (non-hydrogen) atoms. The normalized spacial score (nSPS) is 10.4. The maximum Gasteiger partial charge on any atom is 0.226 e. The lowest BCUT2D eigenvalue weighted by Crippen LogP contribution is -2.05. The van der Waals surface area contributed by atoms with E-state index in [9.17, 15) is 0 Å². The Morgan fingerprint density at radius 3 is 2.60 bits per heavy atom. The van der Waals surface area contributed by atoms with Crippen molar-refractivity contribution in [2.24, 2.45) is 5.92 Å². The molecule has 0 unspecified atom stereocenters. The van der Waals surface area contributed by atoms with Crippen LogP contribution in [-0.4, -0.2) is 23.7 Å². The molecule has 1 rings (SSSR count). The number of nitrogens with two attached hydrogens (primary N) is 1. The van der Waals surface area contributed by atoms with Crippen LogP contribution in [0.1, 0.15) is 20.3 Å². The largest absolute Gasteiger partial charge is 0.481 e. The van der Waals surface area contributed by atoms with Crippen molar-refractivity contribution in [1.29, 1.82) is 0 Å². The number of ether oxygens (including phenoxy) is 2. The Hall–Kier alpha value is -1.52. The first-order valence-corrected chi connectivity index (χ1v) is 4.93. The minimum absolute atomic E-state index is 0.161. The molecule has 0 fully saturated rings. The molecular weight excluding hydrogens is 194 g/mol. The molecule has 5 heteroatoms. The predicted octanol–water partition coefficient (Wildman–Crippen LogP) is 1.49. The number of hydrogen-bond donors (Lipinski definition) is 1. The first kappa shape index (κ1) is 11.6. The van der Waals surface area contributed by atoms with Crippen LogP contribution in [0.15, 0.2) is 6.07 Å². The van der Waals surface area contributed by atoms with E-state index in [2.05, 4.69) is 23.8 Å². The van der Waals surface area contributed by atoms with Crippen molar-refractivity contribution < 1.29 is 9.47 Å². The van der Waals surface area contributed by atoms with Gasteiger partial charge in [-0.3, -0.25) is 0 Å².